The summed E-state index contributed by atoms with van der Waals surface area (Å²) >= 11 is 3.48. The number of methoxy groups -OCH3 is 1. The predicted octanol–water partition coefficient (Wildman–Crippen LogP) is 1.07. The smallest absolute Gasteiger partial charge is 0.131 e. The summed E-state index contributed by atoms with van der Waals surface area (Å²) in [5, 5.41) is 4.29. The highest BCUT2D eigenvalue weighted by Crippen LogP contribution is 2.25. The minimum Gasteiger partial charge on any atom is -0.383 e. The van der Waals surface area contributed by atoms with Gasteiger partial charge in [0.25, 0.3) is 0 Å². The molecule has 7 heteroatoms. The van der Waals surface area contributed by atoms with Crippen molar-refractivity contribution in [3.8, 4) is 0 Å². The molecule has 0 saturated carbocycles. The Hall–Kier alpha value is -1.18. The summed E-state index contributed by atoms with van der Waals surface area (Å²) in [6.07, 6.45) is 5.35. The van der Waals surface area contributed by atoms with Crippen molar-refractivity contribution in [2.24, 2.45) is 12.8 Å². The topological polar surface area (TPSA) is 70.9 Å². The van der Waals surface area contributed by atoms with E-state index >= 15 is 0 Å². The van der Waals surface area contributed by atoms with E-state index in [0.717, 1.165) is 16.0 Å². The van der Waals surface area contributed by atoms with Gasteiger partial charge in [-0.3, -0.25) is 4.68 Å². The van der Waals surface area contributed by atoms with Crippen LogP contribution in [0.5, 0.6) is 0 Å². The quantitative estimate of drug-likeness (QED) is 0.896. The third-order valence-electron chi connectivity index (χ3n) is 2.77. The van der Waals surface area contributed by atoms with Crippen molar-refractivity contribution in [2.75, 3.05) is 13.7 Å². The average molecular weight is 314 g/mol. The molecule has 2 heterocycles. The normalized spacial score (nSPS) is 12.9. The molecule has 0 aliphatic rings. The maximum Gasteiger partial charge on any atom is 0.131 e. The molecule has 2 N–H and O–H groups in total. The molecular weight excluding hydrogens is 298 g/mol. The lowest BCUT2D eigenvalue weighted by Gasteiger charge is -2.15. The minimum absolute atomic E-state index is 0.321. The number of ether oxygens (including phenoxy) is 1. The molecule has 2 aromatic heterocycles. The van der Waals surface area contributed by atoms with Gasteiger partial charge < -0.3 is 15.0 Å². The van der Waals surface area contributed by atoms with Crippen molar-refractivity contribution in [3.05, 3.63) is 34.6 Å². The highest BCUT2D eigenvalue weighted by Gasteiger charge is 2.21. The first-order valence-electron chi connectivity index (χ1n) is 5.58. The van der Waals surface area contributed by atoms with Gasteiger partial charge in [0, 0.05) is 26.6 Å². The van der Waals surface area contributed by atoms with E-state index in [2.05, 4.69) is 26.0 Å². The molecule has 0 spiro atoms. The van der Waals surface area contributed by atoms with Crippen LogP contribution in [0.25, 0.3) is 0 Å². The van der Waals surface area contributed by atoms with Crippen LogP contribution in [-0.4, -0.2) is 33.0 Å². The van der Waals surface area contributed by atoms with E-state index in [9.17, 15) is 0 Å². The largest absolute Gasteiger partial charge is 0.383 e. The molecule has 0 saturated heterocycles. The van der Waals surface area contributed by atoms with Crippen molar-refractivity contribution < 1.29 is 4.74 Å². The van der Waals surface area contributed by atoms with E-state index in [0.29, 0.717) is 13.2 Å². The van der Waals surface area contributed by atoms with Gasteiger partial charge in [-0.25, -0.2) is 4.98 Å². The van der Waals surface area contributed by atoms with Gasteiger partial charge >= 0.3 is 0 Å². The first-order chi connectivity index (χ1) is 8.65. The van der Waals surface area contributed by atoms with Crippen LogP contribution in [0.4, 0.5) is 0 Å². The second-order valence-electron chi connectivity index (χ2n) is 3.97. The van der Waals surface area contributed by atoms with Crippen LogP contribution in [0.3, 0.4) is 0 Å². The standard InChI is InChI=1S/C11H16BrN5O/c1-16-4-3-14-11(16)9(13)10-8(12)7-15-17(10)5-6-18-2/h3-4,7,9H,5-6,13H2,1-2H3. The maximum atomic E-state index is 6.26. The Labute approximate surface area is 114 Å². The molecule has 6 nitrogen and oxygen atoms in total. The summed E-state index contributed by atoms with van der Waals surface area (Å²) in [7, 11) is 3.59. The number of rotatable bonds is 5. The van der Waals surface area contributed by atoms with Gasteiger partial charge in [0.2, 0.25) is 0 Å². The monoisotopic (exact) mass is 313 g/mol. The Morgan fingerprint density at radius 3 is 2.94 bits per heavy atom. The second-order valence-corrected chi connectivity index (χ2v) is 4.82. The fourth-order valence-corrected chi connectivity index (χ4v) is 2.38. The summed E-state index contributed by atoms with van der Waals surface area (Å²) in [5.74, 6) is 0.801. The Kier molecular flexibility index (Phi) is 4.15. The molecule has 0 aliphatic heterocycles. The van der Waals surface area contributed by atoms with Crippen molar-refractivity contribution in [1.82, 2.24) is 19.3 Å². The Bertz CT molecular complexity index is 521. The third kappa shape index (κ3) is 2.47. The van der Waals surface area contributed by atoms with Crippen LogP contribution in [0.2, 0.25) is 0 Å². The number of nitrogens with zero attached hydrogens (tertiary/aromatic N) is 4. The van der Waals surface area contributed by atoms with Crippen molar-refractivity contribution in [1.29, 1.82) is 0 Å². The zero-order valence-corrected chi connectivity index (χ0v) is 12.0. The van der Waals surface area contributed by atoms with E-state index in [-0.39, 0.29) is 6.04 Å². The maximum absolute atomic E-state index is 6.26. The third-order valence-corrected chi connectivity index (χ3v) is 3.38. The lowest BCUT2D eigenvalue weighted by molar-refractivity contribution is 0.182. The Morgan fingerprint density at radius 1 is 1.56 bits per heavy atom. The Balaban J connectivity index is 2.32. The molecule has 0 aliphatic carbocycles. The SMILES string of the molecule is COCCn1ncc(Br)c1C(N)c1nccn1C. The van der Waals surface area contributed by atoms with Gasteiger partial charge in [0.15, 0.2) is 0 Å². The second kappa shape index (κ2) is 5.64. The van der Waals surface area contributed by atoms with Gasteiger partial charge in [-0.05, 0) is 15.9 Å². The highest BCUT2D eigenvalue weighted by molar-refractivity contribution is 9.10. The first kappa shape index (κ1) is 13.3. The first-order valence-corrected chi connectivity index (χ1v) is 6.37. The van der Waals surface area contributed by atoms with Crippen LogP contribution in [0, 0.1) is 0 Å². The van der Waals surface area contributed by atoms with E-state index < -0.39 is 0 Å². The van der Waals surface area contributed by atoms with E-state index in [4.69, 9.17) is 10.5 Å². The van der Waals surface area contributed by atoms with Gasteiger partial charge in [0.05, 0.1) is 29.5 Å². The lowest BCUT2D eigenvalue weighted by Crippen LogP contribution is -2.22. The summed E-state index contributed by atoms with van der Waals surface area (Å²) in [4.78, 5) is 4.28. The molecular formula is C11H16BrN5O. The molecule has 1 unspecified atom stereocenters. The molecule has 18 heavy (non-hydrogen) atoms. The van der Waals surface area contributed by atoms with E-state index in [1.807, 2.05) is 22.5 Å². The zero-order valence-electron chi connectivity index (χ0n) is 10.4. The van der Waals surface area contributed by atoms with Gasteiger partial charge in [-0.15, -0.1) is 0 Å². The molecule has 0 radical (unpaired) electrons. The molecule has 0 bridgehead atoms. The zero-order chi connectivity index (χ0) is 13.1. The van der Waals surface area contributed by atoms with Crippen LogP contribution in [-0.2, 0) is 18.3 Å². The van der Waals surface area contributed by atoms with Crippen LogP contribution in [0.1, 0.15) is 17.6 Å². The van der Waals surface area contributed by atoms with Crippen LogP contribution in [0.15, 0.2) is 23.1 Å². The van der Waals surface area contributed by atoms with Crippen LogP contribution >= 0.6 is 15.9 Å². The van der Waals surface area contributed by atoms with E-state index in [1.54, 1.807) is 19.5 Å². The molecule has 0 fully saturated rings. The number of hydrogen-bond acceptors (Lipinski definition) is 4. The number of hydrogen-bond donors (Lipinski definition) is 1. The fourth-order valence-electron chi connectivity index (χ4n) is 1.84. The summed E-state index contributed by atoms with van der Waals surface area (Å²) in [5.41, 5.74) is 7.17. The predicted molar refractivity (Wildman–Crippen MR) is 71.0 cm³/mol. The molecule has 1 atom stereocenters. The fraction of sp³-hybridized carbons (Fsp3) is 0.455. The Morgan fingerprint density at radius 2 is 2.33 bits per heavy atom. The number of aryl methyl sites for hydroxylation is 1. The van der Waals surface area contributed by atoms with Crippen LogP contribution < -0.4 is 5.73 Å². The number of halogens is 1. The highest BCUT2D eigenvalue weighted by atomic mass is 79.9. The summed E-state index contributed by atoms with van der Waals surface area (Å²) < 4.78 is 9.70. The molecule has 2 aromatic rings. The minimum atomic E-state index is -0.321. The summed E-state index contributed by atoms with van der Waals surface area (Å²) in [6, 6.07) is -0.321. The summed E-state index contributed by atoms with van der Waals surface area (Å²) in [6.45, 7) is 1.25. The number of nitrogens with two attached hydrogens (primary N) is 1. The lowest BCUT2D eigenvalue weighted by atomic mass is 10.2. The van der Waals surface area contributed by atoms with E-state index in [1.165, 1.54) is 0 Å². The average Bonchev–Trinajstić information content (AvgIpc) is 2.92. The van der Waals surface area contributed by atoms with Crippen molar-refractivity contribution >= 4 is 15.9 Å². The van der Waals surface area contributed by atoms with Gasteiger partial charge in [-0.2, -0.15) is 5.10 Å². The van der Waals surface area contributed by atoms with Gasteiger partial charge in [0.1, 0.15) is 11.9 Å². The molecule has 98 valence electrons. The van der Waals surface area contributed by atoms with Gasteiger partial charge in [-0.1, -0.05) is 0 Å². The molecule has 0 aromatic carbocycles. The molecule has 2 rings (SSSR count). The number of imidazole rings is 1. The molecule has 0 amide bonds. The van der Waals surface area contributed by atoms with Crippen molar-refractivity contribution in [3.63, 3.8) is 0 Å². The van der Waals surface area contributed by atoms with Crippen molar-refractivity contribution in [2.45, 2.75) is 12.6 Å². The number of aromatic nitrogens is 4.